The summed E-state index contributed by atoms with van der Waals surface area (Å²) in [5.41, 5.74) is -4.51. The Labute approximate surface area is 140 Å². The van der Waals surface area contributed by atoms with E-state index >= 15 is 0 Å². The number of carbonyl (C=O) groups excluding carboxylic acids is 1. The van der Waals surface area contributed by atoms with Gasteiger partial charge in [-0.15, -0.1) is 0 Å². The number of halogens is 3. The minimum absolute atomic E-state index is 0.114. The van der Waals surface area contributed by atoms with Crippen LogP contribution in [-0.2, 0) is 9.53 Å². The van der Waals surface area contributed by atoms with Crippen molar-refractivity contribution in [1.82, 2.24) is 0 Å². The van der Waals surface area contributed by atoms with Gasteiger partial charge in [0, 0.05) is 18.3 Å². The van der Waals surface area contributed by atoms with Gasteiger partial charge in [0.05, 0.1) is 11.5 Å². The zero-order chi connectivity index (χ0) is 19.3. The first kappa shape index (κ1) is 20.1. The predicted octanol–water partition coefficient (Wildman–Crippen LogP) is 3.24. The molecule has 1 aromatic rings. The topological polar surface area (TPSA) is 102 Å². The number of aliphatic hydroxyl groups is 1. The van der Waals surface area contributed by atoms with Crippen LogP contribution in [0.4, 0.5) is 18.9 Å². The normalized spacial score (nSPS) is 12.2. The van der Waals surface area contributed by atoms with Gasteiger partial charge in [0.25, 0.3) is 0 Å². The Morgan fingerprint density at radius 2 is 1.88 bits per heavy atom. The number of hydrogen-bond donors (Lipinski definition) is 1. The first-order chi connectivity index (χ1) is 11.7. The lowest BCUT2D eigenvalue weighted by Crippen LogP contribution is -2.14. The standard InChI is InChI=1S/C15H15F3N2O5/c1-4-19-6-8(15(22)25-5-2)14(21)9-10(16)7(3)11(17)12(18)13(9)20(23)24/h6,21H,4-5H2,1-3H3. The SMILES string of the molecule is CCN=CC(C(=O)OCC)=C(O)c1c(F)c(C)c(F)c(F)c1[N+](=O)[O-]. The summed E-state index contributed by atoms with van der Waals surface area (Å²) in [6.07, 6.45) is 0.813. The van der Waals surface area contributed by atoms with Gasteiger partial charge in [-0.2, -0.15) is 4.39 Å². The lowest BCUT2D eigenvalue weighted by atomic mass is 10.0. The summed E-state index contributed by atoms with van der Waals surface area (Å²) < 4.78 is 46.5. The molecule has 10 heteroatoms. The first-order valence-electron chi connectivity index (χ1n) is 7.10. The molecule has 0 saturated heterocycles. The average molecular weight is 360 g/mol. The molecular formula is C15H15F3N2O5. The van der Waals surface area contributed by atoms with Gasteiger partial charge >= 0.3 is 11.7 Å². The fourth-order valence-electron chi connectivity index (χ4n) is 1.89. The van der Waals surface area contributed by atoms with Gasteiger partial charge in [-0.3, -0.25) is 15.1 Å². The van der Waals surface area contributed by atoms with E-state index in [0.29, 0.717) is 0 Å². The maximum atomic E-state index is 14.3. The summed E-state index contributed by atoms with van der Waals surface area (Å²) in [5, 5.41) is 21.3. The van der Waals surface area contributed by atoms with Crippen molar-refractivity contribution in [2.75, 3.05) is 13.2 Å². The van der Waals surface area contributed by atoms with Gasteiger partial charge in [0.1, 0.15) is 22.7 Å². The minimum atomic E-state index is -1.96. The maximum absolute atomic E-state index is 14.3. The first-order valence-corrected chi connectivity index (χ1v) is 7.10. The fraction of sp³-hybridized carbons (Fsp3) is 0.333. The number of nitro groups is 1. The molecule has 1 aromatic carbocycles. The van der Waals surface area contributed by atoms with Gasteiger partial charge in [-0.25, -0.2) is 13.6 Å². The molecule has 0 amide bonds. The van der Waals surface area contributed by atoms with E-state index in [-0.39, 0.29) is 13.2 Å². The van der Waals surface area contributed by atoms with Crippen LogP contribution in [0.3, 0.4) is 0 Å². The molecule has 0 aliphatic carbocycles. The van der Waals surface area contributed by atoms with Crippen molar-refractivity contribution < 1.29 is 32.7 Å². The zero-order valence-electron chi connectivity index (χ0n) is 13.6. The van der Waals surface area contributed by atoms with E-state index in [0.717, 1.165) is 13.1 Å². The van der Waals surface area contributed by atoms with Crippen molar-refractivity contribution in [1.29, 1.82) is 0 Å². The van der Waals surface area contributed by atoms with E-state index in [1.165, 1.54) is 6.92 Å². The molecule has 0 bridgehead atoms. The molecule has 0 aromatic heterocycles. The molecule has 1 rings (SSSR count). The molecule has 136 valence electrons. The Morgan fingerprint density at radius 3 is 2.36 bits per heavy atom. The number of aliphatic imine (C=N–C) groups is 1. The van der Waals surface area contributed by atoms with Crippen LogP contribution in [0.1, 0.15) is 25.0 Å². The molecule has 1 N–H and O–H groups in total. The Balaban J connectivity index is 3.89. The van der Waals surface area contributed by atoms with Crippen molar-refractivity contribution in [3.8, 4) is 0 Å². The summed E-state index contributed by atoms with van der Waals surface area (Å²) in [7, 11) is 0. The van der Waals surface area contributed by atoms with E-state index in [1.54, 1.807) is 6.92 Å². The van der Waals surface area contributed by atoms with Crippen LogP contribution in [0.15, 0.2) is 10.6 Å². The maximum Gasteiger partial charge on any atom is 0.343 e. The van der Waals surface area contributed by atoms with Crippen LogP contribution in [0.25, 0.3) is 5.76 Å². The van der Waals surface area contributed by atoms with Crippen LogP contribution >= 0.6 is 0 Å². The smallest absolute Gasteiger partial charge is 0.343 e. The summed E-state index contributed by atoms with van der Waals surface area (Å²) in [4.78, 5) is 25.2. The van der Waals surface area contributed by atoms with Gasteiger partial charge in [-0.05, 0) is 20.8 Å². The Hall–Kier alpha value is -2.91. The number of ether oxygens (including phenoxy) is 1. The van der Waals surface area contributed by atoms with E-state index in [1.807, 2.05) is 0 Å². The summed E-state index contributed by atoms with van der Waals surface area (Å²) in [6, 6.07) is 0. The third-order valence-corrected chi connectivity index (χ3v) is 3.09. The molecule has 0 heterocycles. The quantitative estimate of drug-likeness (QED) is 0.160. The molecular weight excluding hydrogens is 345 g/mol. The number of nitrogens with zero attached hydrogens (tertiary/aromatic N) is 2. The van der Waals surface area contributed by atoms with E-state index in [9.17, 15) is 33.2 Å². The van der Waals surface area contributed by atoms with Crippen molar-refractivity contribution in [2.45, 2.75) is 20.8 Å². The number of esters is 1. The number of benzene rings is 1. The highest BCUT2D eigenvalue weighted by molar-refractivity contribution is 6.15. The molecule has 0 fully saturated rings. The van der Waals surface area contributed by atoms with Crippen LogP contribution in [0.2, 0.25) is 0 Å². The second kappa shape index (κ2) is 8.27. The third kappa shape index (κ3) is 3.95. The fourth-order valence-corrected chi connectivity index (χ4v) is 1.89. The van der Waals surface area contributed by atoms with Gasteiger partial charge in [-0.1, -0.05) is 0 Å². The highest BCUT2D eigenvalue weighted by Gasteiger charge is 2.35. The summed E-state index contributed by atoms with van der Waals surface area (Å²) in [5.74, 6) is -7.73. The zero-order valence-corrected chi connectivity index (χ0v) is 13.6. The number of hydrogen-bond acceptors (Lipinski definition) is 6. The second-order valence-electron chi connectivity index (χ2n) is 4.66. The number of rotatable bonds is 6. The van der Waals surface area contributed by atoms with Gasteiger partial charge in [0.2, 0.25) is 5.82 Å². The van der Waals surface area contributed by atoms with Crippen molar-refractivity contribution in [3.05, 3.63) is 44.3 Å². The Bertz CT molecular complexity index is 775. The number of nitro benzene ring substituents is 1. The van der Waals surface area contributed by atoms with Crippen LogP contribution in [0, 0.1) is 34.5 Å². The summed E-state index contributed by atoms with van der Waals surface area (Å²) in [6.45, 7) is 3.92. The van der Waals surface area contributed by atoms with E-state index in [2.05, 4.69) is 9.73 Å². The predicted molar refractivity (Wildman–Crippen MR) is 82.9 cm³/mol. The highest BCUT2D eigenvalue weighted by Crippen LogP contribution is 2.35. The molecule has 0 aliphatic heterocycles. The van der Waals surface area contributed by atoms with Crippen LogP contribution in [0.5, 0.6) is 0 Å². The molecule has 0 radical (unpaired) electrons. The van der Waals surface area contributed by atoms with Crippen molar-refractivity contribution >= 4 is 23.6 Å². The van der Waals surface area contributed by atoms with E-state index in [4.69, 9.17) is 0 Å². The second-order valence-corrected chi connectivity index (χ2v) is 4.66. The molecule has 0 atom stereocenters. The Kier molecular flexibility index (Phi) is 6.66. The molecule has 0 saturated carbocycles. The van der Waals surface area contributed by atoms with Crippen LogP contribution in [-0.4, -0.2) is 35.4 Å². The monoisotopic (exact) mass is 360 g/mol. The highest BCUT2D eigenvalue weighted by atomic mass is 19.2. The lowest BCUT2D eigenvalue weighted by molar-refractivity contribution is -0.388. The average Bonchev–Trinajstić information content (AvgIpc) is 2.55. The Morgan fingerprint density at radius 1 is 1.28 bits per heavy atom. The van der Waals surface area contributed by atoms with Gasteiger partial charge in [0.15, 0.2) is 5.82 Å². The largest absolute Gasteiger partial charge is 0.506 e. The van der Waals surface area contributed by atoms with Crippen LogP contribution < -0.4 is 0 Å². The summed E-state index contributed by atoms with van der Waals surface area (Å²) >= 11 is 0. The molecule has 25 heavy (non-hydrogen) atoms. The minimum Gasteiger partial charge on any atom is -0.506 e. The van der Waals surface area contributed by atoms with Gasteiger partial charge < -0.3 is 9.84 Å². The van der Waals surface area contributed by atoms with E-state index < -0.39 is 56.5 Å². The molecule has 7 nitrogen and oxygen atoms in total. The number of aliphatic hydroxyl groups excluding tert-OH is 1. The van der Waals surface area contributed by atoms with Crippen molar-refractivity contribution in [3.63, 3.8) is 0 Å². The molecule has 0 unspecified atom stereocenters. The molecule has 0 aliphatic rings. The lowest BCUT2D eigenvalue weighted by Gasteiger charge is -2.11. The number of carbonyl (C=O) groups is 1. The molecule has 0 spiro atoms. The third-order valence-electron chi connectivity index (χ3n) is 3.09. The van der Waals surface area contributed by atoms with Crippen molar-refractivity contribution in [2.24, 2.45) is 4.99 Å².